The second-order valence-electron chi connectivity index (χ2n) is 3.81. The summed E-state index contributed by atoms with van der Waals surface area (Å²) in [6, 6.07) is 0. The molecule has 4 nitrogen and oxygen atoms in total. The van der Waals surface area contributed by atoms with Gasteiger partial charge in [0, 0.05) is 13.5 Å². The molecule has 0 aromatic carbocycles. The van der Waals surface area contributed by atoms with Crippen molar-refractivity contribution in [2.45, 2.75) is 32.6 Å². The van der Waals surface area contributed by atoms with Crippen LogP contribution in [0.25, 0.3) is 11.2 Å². The van der Waals surface area contributed by atoms with E-state index in [0.717, 1.165) is 29.8 Å². The quantitative estimate of drug-likeness (QED) is 0.716. The fourth-order valence-electron chi connectivity index (χ4n) is 1.60. The number of aryl methyl sites for hydroxylation is 2. The van der Waals surface area contributed by atoms with E-state index < -0.39 is 0 Å². The summed E-state index contributed by atoms with van der Waals surface area (Å²) in [7, 11) is 1.95. The highest BCUT2D eigenvalue weighted by atomic mass is 15.1. The molecule has 2 heterocycles. The number of rotatable bonds is 4. The minimum absolute atomic E-state index is 0.805. The Morgan fingerprint density at radius 2 is 2.13 bits per heavy atom. The van der Waals surface area contributed by atoms with E-state index in [1.165, 1.54) is 12.8 Å². The highest BCUT2D eigenvalue weighted by Crippen LogP contribution is 2.09. The second-order valence-corrected chi connectivity index (χ2v) is 3.81. The maximum absolute atomic E-state index is 4.42. The molecule has 0 spiro atoms. The van der Waals surface area contributed by atoms with Crippen LogP contribution in [0, 0.1) is 0 Å². The van der Waals surface area contributed by atoms with Crippen molar-refractivity contribution in [3.05, 3.63) is 18.3 Å². The van der Waals surface area contributed by atoms with Crippen LogP contribution in [0.2, 0.25) is 0 Å². The Balaban J connectivity index is 2.16. The Labute approximate surface area is 89.4 Å². The summed E-state index contributed by atoms with van der Waals surface area (Å²) in [6.07, 6.45) is 8.22. The second kappa shape index (κ2) is 4.38. The third kappa shape index (κ3) is 2.14. The van der Waals surface area contributed by atoms with Crippen molar-refractivity contribution >= 4 is 11.2 Å². The molecule has 0 saturated heterocycles. The Hall–Kier alpha value is -1.45. The number of unbranched alkanes of at least 4 members (excludes halogenated alkanes) is 2. The van der Waals surface area contributed by atoms with Crippen LogP contribution < -0.4 is 0 Å². The summed E-state index contributed by atoms with van der Waals surface area (Å²) in [5, 5.41) is 0. The first-order valence-corrected chi connectivity index (χ1v) is 5.44. The number of aromatic nitrogens is 4. The first-order valence-electron chi connectivity index (χ1n) is 5.44. The predicted octanol–water partition coefficient (Wildman–Crippen LogP) is 2.10. The van der Waals surface area contributed by atoms with Gasteiger partial charge < -0.3 is 4.57 Å². The highest BCUT2D eigenvalue weighted by Gasteiger charge is 2.03. The molecule has 0 atom stereocenters. The van der Waals surface area contributed by atoms with Gasteiger partial charge in [0.2, 0.25) is 0 Å². The van der Waals surface area contributed by atoms with E-state index in [1.807, 2.05) is 17.8 Å². The van der Waals surface area contributed by atoms with Crippen molar-refractivity contribution in [1.82, 2.24) is 19.5 Å². The van der Waals surface area contributed by atoms with Crippen molar-refractivity contribution in [3.8, 4) is 0 Å². The molecule has 0 aliphatic carbocycles. The lowest BCUT2D eigenvalue weighted by Crippen LogP contribution is -1.96. The third-order valence-corrected chi connectivity index (χ3v) is 2.54. The molecule has 15 heavy (non-hydrogen) atoms. The molecule has 2 aromatic heterocycles. The molecule has 0 aliphatic rings. The van der Waals surface area contributed by atoms with Gasteiger partial charge in [0.25, 0.3) is 0 Å². The zero-order valence-electron chi connectivity index (χ0n) is 9.27. The minimum Gasteiger partial charge on any atom is -0.331 e. The molecule has 0 amide bonds. The van der Waals surface area contributed by atoms with Gasteiger partial charge in [0.05, 0.1) is 12.5 Å². The smallest absolute Gasteiger partial charge is 0.180 e. The predicted molar refractivity (Wildman–Crippen MR) is 59.5 cm³/mol. The van der Waals surface area contributed by atoms with Crippen molar-refractivity contribution in [1.29, 1.82) is 0 Å². The molecule has 0 bridgehead atoms. The zero-order chi connectivity index (χ0) is 10.7. The van der Waals surface area contributed by atoms with Crippen molar-refractivity contribution < 1.29 is 0 Å². The average molecular weight is 204 g/mol. The van der Waals surface area contributed by atoms with E-state index in [4.69, 9.17) is 0 Å². The summed E-state index contributed by atoms with van der Waals surface area (Å²) in [5.74, 6) is 0.912. The molecule has 0 aliphatic heterocycles. The lowest BCUT2D eigenvalue weighted by Gasteiger charge is -1.99. The highest BCUT2D eigenvalue weighted by molar-refractivity contribution is 5.69. The molecular weight excluding hydrogens is 188 g/mol. The van der Waals surface area contributed by atoms with E-state index >= 15 is 0 Å². The van der Waals surface area contributed by atoms with Crippen molar-refractivity contribution in [2.24, 2.45) is 7.05 Å². The maximum Gasteiger partial charge on any atom is 0.180 e. The largest absolute Gasteiger partial charge is 0.331 e. The summed E-state index contributed by atoms with van der Waals surface area (Å²) < 4.78 is 1.94. The Kier molecular flexibility index (Phi) is 2.94. The maximum atomic E-state index is 4.42. The number of hydrogen-bond acceptors (Lipinski definition) is 3. The Bertz CT molecular complexity index is 447. The molecule has 0 unspecified atom stereocenters. The van der Waals surface area contributed by atoms with Gasteiger partial charge in [-0.2, -0.15) is 0 Å². The standard InChI is InChI=1S/C11H16N4/c1-3-4-5-6-10-12-7-9-11(14-10)13-8-15(9)2/h7-8H,3-6H2,1-2H3. The first-order chi connectivity index (χ1) is 7.31. The zero-order valence-corrected chi connectivity index (χ0v) is 9.27. The van der Waals surface area contributed by atoms with Gasteiger partial charge in [-0.05, 0) is 6.42 Å². The van der Waals surface area contributed by atoms with E-state index in [1.54, 1.807) is 6.33 Å². The van der Waals surface area contributed by atoms with Gasteiger partial charge in [-0.1, -0.05) is 19.8 Å². The van der Waals surface area contributed by atoms with Crippen LogP contribution in [-0.4, -0.2) is 19.5 Å². The Morgan fingerprint density at radius 3 is 2.93 bits per heavy atom. The normalized spacial score (nSPS) is 11.1. The van der Waals surface area contributed by atoms with Gasteiger partial charge in [-0.25, -0.2) is 15.0 Å². The molecule has 4 heteroatoms. The van der Waals surface area contributed by atoms with Crippen LogP contribution in [0.4, 0.5) is 0 Å². The number of imidazole rings is 1. The number of hydrogen-bond donors (Lipinski definition) is 0. The van der Waals surface area contributed by atoms with E-state index in [0.29, 0.717) is 0 Å². The minimum atomic E-state index is 0.805. The van der Waals surface area contributed by atoms with Gasteiger partial charge in [0.15, 0.2) is 5.65 Å². The van der Waals surface area contributed by atoms with E-state index in [2.05, 4.69) is 21.9 Å². The monoisotopic (exact) mass is 204 g/mol. The molecular formula is C11H16N4. The molecule has 0 fully saturated rings. The third-order valence-electron chi connectivity index (χ3n) is 2.54. The number of fused-ring (bicyclic) bond motifs is 1. The fraction of sp³-hybridized carbons (Fsp3) is 0.545. The SMILES string of the molecule is CCCCCc1ncc2c(ncn2C)n1. The van der Waals surface area contributed by atoms with Gasteiger partial charge >= 0.3 is 0 Å². The van der Waals surface area contributed by atoms with Gasteiger partial charge in [-0.3, -0.25) is 0 Å². The summed E-state index contributed by atoms with van der Waals surface area (Å²) in [4.78, 5) is 13.0. The van der Waals surface area contributed by atoms with Crippen molar-refractivity contribution in [3.63, 3.8) is 0 Å². The Morgan fingerprint density at radius 1 is 1.27 bits per heavy atom. The topological polar surface area (TPSA) is 43.6 Å². The average Bonchev–Trinajstić information content (AvgIpc) is 2.61. The first kappa shape index (κ1) is 10.1. The molecule has 0 N–H and O–H groups in total. The van der Waals surface area contributed by atoms with Crippen LogP contribution in [0.1, 0.15) is 32.0 Å². The lowest BCUT2D eigenvalue weighted by molar-refractivity contribution is 0.695. The van der Waals surface area contributed by atoms with Crippen LogP contribution in [-0.2, 0) is 13.5 Å². The molecule has 0 saturated carbocycles. The molecule has 2 rings (SSSR count). The molecule has 80 valence electrons. The summed E-state index contributed by atoms with van der Waals surface area (Å²) in [5.41, 5.74) is 1.80. The van der Waals surface area contributed by atoms with E-state index in [-0.39, 0.29) is 0 Å². The van der Waals surface area contributed by atoms with Crippen LogP contribution in [0.15, 0.2) is 12.5 Å². The van der Waals surface area contributed by atoms with Gasteiger partial charge in [0.1, 0.15) is 11.3 Å². The summed E-state index contributed by atoms with van der Waals surface area (Å²) in [6.45, 7) is 2.20. The van der Waals surface area contributed by atoms with Crippen LogP contribution in [0.3, 0.4) is 0 Å². The van der Waals surface area contributed by atoms with Crippen LogP contribution in [0.5, 0.6) is 0 Å². The van der Waals surface area contributed by atoms with Gasteiger partial charge in [-0.15, -0.1) is 0 Å². The van der Waals surface area contributed by atoms with Crippen molar-refractivity contribution in [2.75, 3.05) is 0 Å². The number of nitrogens with zero attached hydrogens (tertiary/aromatic N) is 4. The lowest BCUT2D eigenvalue weighted by atomic mass is 10.2. The van der Waals surface area contributed by atoms with Crippen LogP contribution >= 0.6 is 0 Å². The fourth-order valence-corrected chi connectivity index (χ4v) is 1.60. The molecule has 0 radical (unpaired) electrons. The summed E-state index contributed by atoms with van der Waals surface area (Å²) >= 11 is 0. The van der Waals surface area contributed by atoms with E-state index in [9.17, 15) is 0 Å². The molecule has 2 aromatic rings.